The summed E-state index contributed by atoms with van der Waals surface area (Å²) in [5, 5.41) is 20.6. The number of carbonyl (C=O) groups is 3. The molecule has 5 atom stereocenters. The van der Waals surface area contributed by atoms with E-state index in [4.69, 9.17) is 32.3 Å². The Hall–Kier alpha value is -4.83. The third-order valence-electron chi connectivity index (χ3n) is 16.7. The number of phosphoric acid groups is 2. The zero-order valence-electron chi connectivity index (χ0n) is 65.6. The van der Waals surface area contributed by atoms with Crippen molar-refractivity contribution in [1.82, 2.24) is 0 Å². The predicted molar refractivity (Wildman–Crippen MR) is 435 cm³/mol. The molecule has 0 aromatic rings. The van der Waals surface area contributed by atoms with Crippen LogP contribution < -0.4 is 0 Å². The van der Waals surface area contributed by atoms with E-state index in [1.54, 1.807) is 0 Å². The molecule has 0 fully saturated rings. The monoisotopic (exact) mass is 1510 g/mol. The first kappa shape index (κ1) is 100. The standard InChI is InChI=1S/C87H146O16P2/c1-4-7-10-13-16-19-22-25-27-29-31-33-34-35-36-37-38-39-40-41-42-43-44-45-46-48-50-51-53-56-58-61-64-67-70-73-85(90)97-76-82(88)77-99-104(93,94)100-78-83(89)79-101-105(95,96)102-81-84(103-87(92)75-72-69-66-63-60-55-24-21-18-15-12-9-6-3)80-98-86(91)74-71-68-65-62-59-57-54-52-49-47-32-30-28-26-23-20-17-14-11-8-5-2/h7-8,10-12,15-17,19-21,24-28,31-33,35-36,47,52,54,59,62,82-84,88-89H,4-6,9,13-14,18,22-23,29-30,34,37-46,48-51,53,55-58,60-61,63-81H2,1-3H3,(H,93,94)(H,95,96)/b10-7-,11-8-,15-12-,19-16-,20-17-,24-21-,27-25-,28-26-,33-31-,36-35-,47-32-,54-52-,62-59-. The van der Waals surface area contributed by atoms with Crippen LogP contribution >= 0.6 is 15.6 Å². The van der Waals surface area contributed by atoms with Crippen LogP contribution in [0.1, 0.15) is 316 Å². The maximum atomic E-state index is 12.9. The normalized spacial score (nSPS) is 14.8. The molecule has 0 saturated heterocycles. The molecule has 105 heavy (non-hydrogen) atoms. The Morgan fingerprint density at radius 2 is 0.505 bits per heavy atom. The van der Waals surface area contributed by atoms with Crippen molar-refractivity contribution in [3.05, 3.63) is 158 Å². The summed E-state index contributed by atoms with van der Waals surface area (Å²) < 4.78 is 61.0. The van der Waals surface area contributed by atoms with Gasteiger partial charge in [0.25, 0.3) is 0 Å². The number of aliphatic hydroxyl groups is 2. The largest absolute Gasteiger partial charge is 0.472 e. The smallest absolute Gasteiger partial charge is 0.463 e. The summed E-state index contributed by atoms with van der Waals surface area (Å²) in [4.78, 5) is 58.6. The van der Waals surface area contributed by atoms with Gasteiger partial charge in [0.2, 0.25) is 0 Å². The molecule has 0 spiro atoms. The molecule has 0 aromatic carbocycles. The number of hydrogen-bond donors (Lipinski definition) is 4. The molecule has 0 saturated carbocycles. The second-order valence-electron chi connectivity index (χ2n) is 26.8. The average Bonchev–Trinajstić information content (AvgIpc) is 0.932. The van der Waals surface area contributed by atoms with Gasteiger partial charge in [0, 0.05) is 19.3 Å². The summed E-state index contributed by atoms with van der Waals surface area (Å²) in [6, 6.07) is 0. The first-order valence-electron chi connectivity index (χ1n) is 40.8. The van der Waals surface area contributed by atoms with Crippen LogP contribution in [0, 0.1) is 0 Å². The van der Waals surface area contributed by atoms with E-state index in [-0.39, 0.29) is 19.3 Å². The van der Waals surface area contributed by atoms with Gasteiger partial charge in [-0.2, -0.15) is 0 Å². The molecule has 600 valence electrons. The van der Waals surface area contributed by atoms with Gasteiger partial charge in [-0.3, -0.25) is 32.5 Å². The number of unbranched alkanes of at least 4 members (excludes halogenated alkanes) is 27. The lowest BCUT2D eigenvalue weighted by atomic mass is 10.0. The van der Waals surface area contributed by atoms with Crippen molar-refractivity contribution in [3.8, 4) is 0 Å². The lowest BCUT2D eigenvalue weighted by molar-refractivity contribution is -0.161. The molecule has 18 heteroatoms. The Labute approximate surface area is 638 Å². The summed E-state index contributed by atoms with van der Waals surface area (Å²) in [5.74, 6) is -1.64. The Bertz CT molecular complexity index is 2540. The fraction of sp³-hybridized carbons (Fsp3) is 0.667. The van der Waals surface area contributed by atoms with E-state index in [1.807, 2.05) is 0 Å². The molecule has 0 bridgehead atoms. The van der Waals surface area contributed by atoms with Gasteiger partial charge in [-0.1, -0.05) is 314 Å². The van der Waals surface area contributed by atoms with Crippen LogP contribution in [0.25, 0.3) is 0 Å². The highest BCUT2D eigenvalue weighted by Gasteiger charge is 2.29. The number of phosphoric ester groups is 2. The Morgan fingerprint density at radius 1 is 0.276 bits per heavy atom. The summed E-state index contributed by atoms with van der Waals surface area (Å²) >= 11 is 0. The zero-order chi connectivity index (χ0) is 76.6. The summed E-state index contributed by atoms with van der Waals surface area (Å²) in [5.41, 5.74) is 0. The third-order valence-corrected chi connectivity index (χ3v) is 18.6. The van der Waals surface area contributed by atoms with Crippen LogP contribution in [0.2, 0.25) is 0 Å². The first-order chi connectivity index (χ1) is 51.2. The van der Waals surface area contributed by atoms with Gasteiger partial charge in [-0.15, -0.1) is 0 Å². The number of aliphatic hydroxyl groups excluding tert-OH is 2. The highest BCUT2D eigenvalue weighted by Crippen LogP contribution is 2.45. The molecule has 0 aliphatic rings. The maximum Gasteiger partial charge on any atom is 0.472 e. The number of rotatable bonds is 76. The van der Waals surface area contributed by atoms with E-state index >= 15 is 0 Å². The Kier molecular flexibility index (Phi) is 75.1. The molecule has 0 aromatic heterocycles. The number of allylic oxidation sites excluding steroid dienone is 26. The van der Waals surface area contributed by atoms with Crippen molar-refractivity contribution in [2.24, 2.45) is 0 Å². The highest BCUT2D eigenvalue weighted by atomic mass is 31.2. The second kappa shape index (κ2) is 78.7. The minimum Gasteiger partial charge on any atom is -0.463 e. The second-order valence-corrected chi connectivity index (χ2v) is 29.7. The van der Waals surface area contributed by atoms with Gasteiger partial charge in [0.05, 0.1) is 26.4 Å². The van der Waals surface area contributed by atoms with E-state index in [9.17, 15) is 43.5 Å². The van der Waals surface area contributed by atoms with Crippen LogP contribution in [0.4, 0.5) is 0 Å². The Balaban J connectivity index is 4.42. The van der Waals surface area contributed by atoms with Gasteiger partial charge in [0.1, 0.15) is 25.4 Å². The minimum absolute atomic E-state index is 0.0743. The van der Waals surface area contributed by atoms with Crippen molar-refractivity contribution in [1.29, 1.82) is 0 Å². The predicted octanol–water partition coefficient (Wildman–Crippen LogP) is 24.2. The zero-order valence-corrected chi connectivity index (χ0v) is 67.4. The van der Waals surface area contributed by atoms with Crippen LogP contribution in [0.5, 0.6) is 0 Å². The fourth-order valence-corrected chi connectivity index (χ4v) is 12.2. The quantitative estimate of drug-likeness (QED) is 0.0146. The fourth-order valence-electron chi connectivity index (χ4n) is 10.6. The molecule has 0 amide bonds. The van der Waals surface area contributed by atoms with Crippen molar-refractivity contribution < 1.29 is 75.8 Å². The summed E-state index contributed by atoms with van der Waals surface area (Å²) in [6.45, 7) is 2.32. The molecule has 0 heterocycles. The molecule has 5 unspecified atom stereocenters. The van der Waals surface area contributed by atoms with Crippen LogP contribution in [-0.4, -0.2) is 95.9 Å². The molecule has 0 aliphatic heterocycles. The van der Waals surface area contributed by atoms with E-state index in [2.05, 4.69) is 179 Å². The van der Waals surface area contributed by atoms with Crippen molar-refractivity contribution >= 4 is 33.6 Å². The van der Waals surface area contributed by atoms with Crippen molar-refractivity contribution in [3.63, 3.8) is 0 Å². The van der Waals surface area contributed by atoms with Crippen LogP contribution in [-0.2, 0) is 55.8 Å². The van der Waals surface area contributed by atoms with Gasteiger partial charge in [0.15, 0.2) is 6.10 Å². The van der Waals surface area contributed by atoms with Crippen LogP contribution in [0.15, 0.2) is 158 Å². The van der Waals surface area contributed by atoms with Gasteiger partial charge >= 0.3 is 33.6 Å². The van der Waals surface area contributed by atoms with E-state index in [0.717, 1.165) is 154 Å². The topological polar surface area (TPSA) is 231 Å². The number of ether oxygens (including phenoxy) is 3. The van der Waals surface area contributed by atoms with Gasteiger partial charge in [-0.05, 0) is 141 Å². The number of hydrogen-bond acceptors (Lipinski definition) is 14. The summed E-state index contributed by atoms with van der Waals surface area (Å²) in [7, 11) is -9.81. The van der Waals surface area contributed by atoms with Gasteiger partial charge < -0.3 is 34.2 Å². The maximum absolute atomic E-state index is 12.9. The molecular weight excluding hydrogens is 1360 g/mol. The van der Waals surface area contributed by atoms with Crippen molar-refractivity contribution in [2.45, 2.75) is 334 Å². The third kappa shape index (κ3) is 80.0. The highest BCUT2D eigenvalue weighted by molar-refractivity contribution is 7.47. The molecule has 16 nitrogen and oxygen atoms in total. The average molecular weight is 1510 g/mol. The SMILES string of the molecule is CC/C=C\C/C=C\C/C=C\C/C=C\C/C=C\C/C=C\CCCCC(=O)OCC(COP(=O)(O)OCC(O)COP(=O)(O)OCC(O)COC(=O)CCCCCCCCCCCCCCCCCCCCC/C=C\C/C=C\C/C=C\C/C=C\C/C=C\CC)OC(=O)CCCCCCC/C=C\C/C=C\CCC. The van der Waals surface area contributed by atoms with Crippen molar-refractivity contribution in [2.75, 3.05) is 39.6 Å². The van der Waals surface area contributed by atoms with E-state index < -0.39 is 91.5 Å². The van der Waals surface area contributed by atoms with Crippen LogP contribution in [0.3, 0.4) is 0 Å². The molecule has 0 radical (unpaired) electrons. The minimum atomic E-state index is -4.95. The first-order valence-corrected chi connectivity index (χ1v) is 43.8. The van der Waals surface area contributed by atoms with E-state index in [1.165, 1.54) is 103 Å². The lowest BCUT2D eigenvalue weighted by Gasteiger charge is -2.21. The Morgan fingerprint density at radius 3 is 0.819 bits per heavy atom. The molecule has 0 rings (SSSR count). The number of esters is 3. The molecule has 4 N–H and O–H groups in total. The lowest BCUT2D eigenvalue weighted by Crippen LogP contribution is -2.30. The summed E-state index contributed by atoms with van der Waals surface area (Å²) in [6.07, 6.45) is 99.0. The number of carbonyl (C=O) groups excluding carboxylic acids is 3. The molecule has 0 aliphatic carbocycles. The molecular formula is C87H146O16P2. The van der Waals surface area contributed by atoms with E-state index in [0.29, 0.717) is 19.3 Å². The van der Waals surface area contributed by atoms with Gasteiger partial charge in [-0.25, -0.2) is 9.13 Å².